The van der Waals surface area contributed by atoms with Crippen LogP contribution in [0, 0.1) is 0 Å². The number of carbonyl (C=O) groups excluding carboxylic acids is 1. The van der Waals surface area contributed by atoms with Crippen LogP contribution in [0.1, 0.15) is 34.4 Å². The molecular formula is C22H24N6O3S. The van der Waals surface area contributed by atoms with Crippen LogP contribution in [0.15, 0.2) is 36.1 Å². The van der Waals surface area contributed by atoms with Crippen LogP contribution < -0.4 is 10.1 Å². The minimum atomic E-state index is -0.0566. The molecule has 4 aromatic rings. The fourth-order valence-corrected chi connectivity index (χ4v) is 4.58. The van der Waals surface area contributed by atoms with Gasteiger partial charge < -0.3 is 19.4 Å². The molecule has 1 fully saturated rings. The Morgan fingerprint density at radius 2 is 2.31 bits per heavy atom. The molecule has 0 spiro atoms. The first-order valence-electron chi connectivity index (χ1n) is 10.6. The van der Waals surface area contributed by atoms with Crippen LogP contribution >= 0.6 is 11.3 Å². The van der Waals surface area contributed by atoms with Crippen molar-refractivity contribution in [2.75, 3.05) is 19.8 Å². The van der Waals surface area contributed by atoms with Gasteiger partial charge in [-0.15, -0.1) is 11.3 Å². The summed E-state index contributed by atoms with van der Waals surface area (Å²) in [7, 11) is 1.88. The molecule has 0 radical (unpaired) electrons. The molecule has 0 aromatic carbocycles. The van der Waals surface area contributed by atoms with Gasteiger partial charge in [-0.1, -0.05) is 0 Å². The fourth-order valence-electron chi connectivity index (χ4n) is 3.75. The van der Waals surface area contributed by atoms with Gasteiger partial charge in [-0.2, -0.15) is 10.1 Å². The molecule has 1 saturated heterocycles. The van der Waals surface area contributed by atoms with Crippen molar-refractivity contribution < 1.29 is 14.3 Å². The highest BCUT2D eigenvalue weighted by Crippen LogP contribution is 2.29. The largest absolute Gasteiger partial charge is 0.470 e. The van der Waals surface area contributed by atoms with Gasteiger partial charge in [0.05, 0.1) is 35.5 Å². The number of amides is 1. The van der Waals surface area contributed by atoms with Gasteiger partial charge in [0, 0.05) is 38.8 Å². The Kier molecular flexibility index (Phi) is 5.62. The van der Waals surface area contributed by atoms with Gasteiger partial charge in [-0.25, -0.2) is 4.98 Å². The quantitative estimate of drug-likeness (QED) is 0.463. The lowest BCUT2D eigenvalue weighted by Crippen LogP contribution is -2.21. The molecule has 1 aliphatic rings. The summed E-state index contributed by atoms with van der Waals surface area (Å²) < 4.78 is 15.5. The molecule has 10 heteroatoms. The predicted octanol–water partition coefficient (Wildman–Crippen LogP) is 2.72. The lowest BCUT2D eigenvalue weighted by atomic mass is 10.2. The molecule has 32 heavy (non-hydrogen) atoms. The highest BCUT2D eigenvalue weighted by atomic mass is 32.1. The highest BCUT2D eigenvalue weighted by molar-refractivity contribution is 7.12. The average Bonchev–Trinajstić information content (AvgIpc) is 3.55. The van der Waals surface area contributed by atoms with Crippen LogP contribution in [0.5, 0.6) is 5.88 Å². The van der Waals surface area contributed by atoms with E-state index < -0.39 is 0 Å². The van der Waals surface area contributed by atoms with Gasteiger partial charge in [0.1, 0.15) is 17.4 Å². The second-order valence-corrected chi connectivity index (χ2v) is 8.61. The molecule has 5 rings (SSSR count). The third-order valence-corrected chi connectivity index (χ3v) is 6.24. The lowest BCUT2D eigenvalue weighted by molar-refractivity contribution is 0.0960. The Labute approximate surface area is 189 Å². The first kappa shape index (κ1) is 20.7. The number of hydrogen-bond donors (Lipinski definition) is 1. The summed E-state index contributed by atoms with van der Waals surface area (Å²) in [6, 6.07) is 3.86. The van der Waals surface area contributed by atoms with Gasteiger partial charge in [0.25, 0.3) is 5.91 Å². The number of nitrogens with zero attached hydrogens (tertiary/aromatic N) is 5. The summed E-state index contributed by atoms with van der Waals surface area (Å²) in [4.78, 5) is 22.3. The maximum absolute atomic E-state index is 12.1. The fraction of sp³-hybridized carbons (Fsp3) is 0.364. The molecule has 0 bridgehead atoms. The van der Waals surface area contributed by atoms with E-state index in [9.17, 15) is 4.79 Å². The van der Waals surface area contributed by atoms with Crippen molar-refractivity contribution in [2.45, 2.75) is 25.9 Å². The smallest absolute Gasteiger partial charge is 0.261 e. The second-order valence-electron chi connectivity index (χ2n) is 7.70. The van der Waals surface area contributed by atoms with E-state index in [1.54, 1.807) is 10.9 Å². The molecule has 1 N–H and O–H groups in total. The first-order chi connectivity index (χ1) is 15.6. The van der Waals surface area contributed by atoms with E-state index in [1.165, 1.54) is 11.3 Å². The van der Waals surface area contributed by atoms with Crippen molar-refractivity contribution in [3.63, 3.8) is 0 Å². The maximum atomic E-state index is 12.1. The molecule has 1 aliphatic heterocycles. The van der Waals surface area contributed by atoms with E-state index in [2.05, 4.69) is 10.4 Å². The van der Waals surface area contributed by atoms with Gasteiger partial charge in [0.2, 0.25) is 5.88 Å². The molecule has 0 aliphatic carbocycles. The Bertz CT molecular complexity index is 1250. The highest BCUT2D eigenvalue weighted by Gasteiger charge is 2.22. The van der Waals surface area contributed by atoms with Crippen LogP contribution in [0.4, 0.5) is 0 Å². The Hall–Kier alpha value is -3.24. The zero-order valence-corrected chi connectivity index (χ0v) is 18.8. The molecule has 5 heterocycles. The van der Waals surface area contributed by atoms with E-state index in [0.717, 1.165) is 28.7 Å². The number of rotatable bonds is 7. The molecule has 1 atom stereocenters. The van der Waals surface area contributed by atoms with E-state index in [1.807, 2.05) is 48.4 Å². The monoisotopic (exact) mass is 452 g/mol. The number of ether oxygens (including phenoxy) is 2. The van der Waals surface area contributed by atoms with Crippen LogP contribution in [0.3, 0.4) is 0 Å². The van der Waals surface area contributed by atoms with E-state index >= 15 is 0 Å². The van der Waals surface area contributed by atoms with Crippen molar-refractivity contribution in [1.82, 2.24) is 29.6 Å². The van der Waals surface area contributed by atoms with Gasteiger partial charge >= 0.3 is 0 Å². The number of aromatic nitrogens is 5. The molecule has 9 nitrogen and oxygen atoms in total. The number of aryl methyl sites for hydroxylation is 1. The van der Waals surface area contributed by atoms with Crippen molar-refractivity contribution in [1.29, 1.82) is 0 Å². The molecule has 166 valence electrons. The number of carbonyl (C=O) groups is 1. The number of hydrogen-bond acceptors (Lipinski definition) is 7. The zero-order valence-electron chi connectivity index (χ0n) is 17.9. The average molecular weight is 453 g/mol. The van der Waals surface area contributed by atoms with Crippen LogP contribution in [-0.4, -0.2) is 56.1 Å². The van der Waals surface area contributed by atoms with Crippen molar-refractivity contribution in [3.8, 4) is 11.6 Å². The normalized spacial score (nSPS) is 16.0. The summed E-state index contributed by atoms with van der Waals surface area (Å²) in [6.45, 7) is 3.75. The predicted molar refractivity (Wildman–Crippen MR) is 121 cm³/mol. The lowest BCUT2D eigenvalue weighted by Gasteiger charge is -2.14. The summed E-state index contributed by atoms with van der Waals surface area (Å²) in [5.41, 5.74) is 3.52. The van der Waals surface area contributed by atoms with E-state index in [4.69, 9.17) is 19.4 Å². The third kappa shape index (κ3) is 4.11. The third-order valence-electron chi connectivity index (χ3n) is 5.26. The molecule has 1 amide bonds. The minimum absolute atomic E-state index is 0.0383. The number of nitrogens with one attached hydrogen (secondary N) is 1. The van der Waals surface area contributed by atoms with Crippen LogP contribution in [0.25, 0.3) is 16.7 Å². The summed E-state index contributed by atoms with van der Waals surface area (Å²) in [6.07, 6.45) is 6.99. The van der Waals surface area contributed by atoms with Crippen molar-refractivity contribution >= 4 is 28.3 Å². The standard InChI is InChI=1S/C22H24N6O3S/c1-3-23-21(29)18-8-14(13-32-18)9-19-25-17-4-6-28(15-10-24-27(2)11-15)20(17)22(26-19)31-16-5-7-30-12-16/h4,6,8,10-11,13,16H,3,5,7,9,12H2,1-2H3,(H,23,29)/t16-/m1/s1. The molecule has 4 aromatic heterocycles. The Morgan fingerprint density at radius 3 is 3.06 bits per heavy atom. The second kappa shape index (κ2) is 8.71. The topological polar surface area (TPSA) is 96.1 Å². The van der Waals surface area contributed by atoms with Crippen molar-refractivity contribution in [2.24, 2.45) is 7.05 Å². The minimum Gasteiger partial charge on any atom is -0.470 e. The molecular weight excluding hydrogens is 428 g/mol. The summed E-state index contributed by atoms with van der Waals surface area (Å²) in [5, 5.41) is 9.09. The van der Waals surface area contributed by atoms with Crippen molar-refractivity contribution in [3.05, 3.63) is 52.4 Å². The van der Waals surface area contributed by atoms with Crippen LogP contribution in [0.2, 0.25) is 0 Å². The molecule has 0 saturated carbocycles. The van der Waals surface area contributed by atoms with E-state index in [-0.39, 0.29) is 12.0 Å². The maximum Gasteiger partial charge on any atom is 0.261 e. The molecule has 0 unspecified atom stereocenters. The van der Waals surface area contributed by atoms with E-state index in [0.29, 0.717) is 42.8 Å². The summed E-state index contributed by atoms with van der Waals surface area (Å²) in [5.74, 6) is 1.13. The summed E-state index contributed by atoms with van der Waals surface area (Å²) >= 11 is 1.43. The van der Waals surface area contributed by atoms with Gasteiger partial charge in [-0.05, 0) is 30.0 Å². The van der Waals surface area contributed by atoms with Gasteiger partial charge in [0.15, 0.2) is 0 Å². The Balaban J connectivity index is 1.51. The SMILES string of the molecule is CCNC(=O)c1cc(Cc2nc(O[C@@H]3CCOC3)c3c(ccn3-c3cnn(C)c3)n2)cs1. The first-order valence-corrected chi connectivity index (χ1v) is 11.5. The number of fused-ring (bicyclic) bond motifs is 1. The Morgan fingerprint density at radius 1 is 1.41 bits per heavy atom. The van der Waals surface area contributed by atoms with Crippen LogP contribution in [-0.2, 0) is 18.2 Å². The number of thiophene rings is 1. The van der Waals surface area contributed by atoms with Gasteiger partial charge in [-0.3, -0.25) is 9.48 Å². The zero-order chi connectivity index (χ0) is 22.1.